The molecule has 0 fully saturated rings. The first-order valence-electron chi connectivity index (χ1n) is 6.15. The number of rotatable bonds is 6. The smallest absolute Gasteiger partial charge is 0.240 e. The van der Waals surface area contributed by atoms with E-state index in [0.717, 1.165) is 6.42 Å². The number of hydrogen-bond donors (Lipinski definition) is 1. The molecule has 1 rings (SSSR count). The second-order valence-corrected chi connectivity index (χ2v) is 5.00. The average Bonchev–Trinajstić information content (AvgIpc) is 2.70. The SMILES string of the molecule is CCOC(CC)c1noc(CNC(C)(C)C)n1. The molecule has 0 saturated carbocycles. The highest BCUT2D eigenvalue weighted by Crippen LogP contribution is 2.17. The zero-order chi connectivity index (χ0) is 12.9. The maximum absolute atomic E-state index is 5.53. The van der Waals surface area contributed by atoms with Gasteiger partial charge in [-0.25, -0.2) is 0 Å². The van der Waals surface area contributed by atoms with Crippen LogP contribution in [0.2, 0.25) is 0 Å². The van der Waals surface area contributed by atoms with E-state index in [1.54, 1.807) is 0 Å². The minimum atomic E-state index is -0.0628. The lowest BCUT2D eigenvalue weighted by molar-refractivity contribution is 0.0518. The third-order valence-corrected chi connectivity index (χ3v) is 2.28. The van der Waals surface area contributed by atoms with Crippen molar-refractivity contribution in [1.82, 2.24) is 15.5 Å². The summed E-state index contributed by atoms with van der Waals surface area (Å²) in [6.07, 6.45) is 0.784. The summed E-state index contributed by atoms with van der Waals surface area (Å²) in [6.45, 7) is 11.5. The third kappa shape index (κ3) is 4.83. The maximum atomic E-state index is 5.53. The molecule has 0 amide bonds. The first-order chi connectivity index (χ1) is 7.96. The van der Waals surface area contributed by atoms with Crippen LogP contribution in [0.15, 0.2) is 4.52 Å². The fourth-order valence-corrected chi connectivity index (χ4v) is 1.39. The Labute approximate surface area is 103 Å². The van der Waals surface area contributed by atoms with Gasteiger partial charge < -0.3 is 14.6 Å². The quantitative estimate of drug-likeness (QED) is 0.829. The number of ether oxygens (including phenoxy) is 1. The Balaban J connectivity index is 2.58. The van der Waals surface area contributed by atoms with Crippen molar-refractivity contribution >= 4 is 0 Å². The molecule has 0 radical (unpaired) electrons. The van der Waals surface area contributed by atoms with Crippen molar-refractivity contribution in [3.8, 4) is 0 Å². The van der Waals surface area contributed by atoms with Gasteiger partial charge in [0.1, 0.15) is 6.10 Å². The number of nitrogens with one attached hydrogen (secondary N) is 1. The summed E-state index contributed by atoms with van der Waals surface area (Å²) >= 11 is 0. The minimum Gasteiger partial charge on any atom is -0.370 e. The first kappa shape index (κ1) is 14.1. The van der Waals surface area contributed by atoms with Crippen LogP contribution < -0.4 is 5.32 Å². The molecule has 17 heavy (non-hydrogen) atoms. The molecule has 0 aromatic carbocycles. The van der Waals surface area contributed by atoms with E-state index >= 15 is 0 Å². The lowest BCUT2D eigenvalue weighted by atomic mass is 10.1. The van der Waals surface area contributed by atoms with Crippen molar-refractivity contribution in [3.63, 3.8) is 0 Å². The molecule has 0 bridgehead atoms. The van der Waals surface area contributed by atoms with E-state index in [9.17, 15) is 0 Å². The zero-order valence-corrected chi connectivity index (χ0v) is 11.4. The molecular formula is C12H23N3O2. The Morgan fingerprint density at radius 3 is 2.59 bits per heavy atom. The fraction of sp³-hybridized carbons (Fsp3) is 0.833. The Bertz CT molecular complexity index is 331. The maximum Gasteiger partial charge on any atom is 0.240 e. The second kappa shape index (κ2) is 6.12. The van der Waals surface area contributed by atoms with Gasteiger partial charge in [0.2, 0.25) is 11.7 Å². The Morgan fingerprint density at radius 1 is 1.35 bits per heavy atom. The van der Waals surface area contributed by atoms with Crippen molar-refractivity contribution in [2.75, 3.05) is 6.61 Å². The summed E-state index contributed by atoms with van der Waals surface area (Å²) in [5.74, 6) is 1.24. The van der Waals surface area contributed by atoms with E-state index in [0.29, 0.717) is 24.9 Å². The van der Waals surface area contributed by atoms with E-state index in [-0.39, 0.29) is 11.6 Å². The molecule has 1 N–H and O–H groups in total. The van der Waals surface area contributed by atoms with Crippen molar-refractivity contribution < 1.29 is 9.26 Å². The van der Waals surface area contributed by atoms with E-state index in [1.165, 1.54) is 0 Å². The predicted molar refractivity (Wildman–Crippen MR) is 65.5 cm³/mol. The minimum absolute atomic E-state index is 0.0404. The highest BCUT2D eigenvalue weighted by Gasteiger charge is 2.17. The van der Waals surface area contributed by atoms with Crippen LogP contribution in [0.4, 0.5) is 0 Å². The van der Waals surface area contributed by atoms with E-state index < -0.39 is 0 Å². The van der Waals surface area contributed by atoms with Gasteiger partial charge in [0, 0.05) is 12.1 Å². The van der Waals surface area contributed by atoms with Crippen molar-refractivity contribution in [1.29, 1.82) is 0 Å². The topological polar surface area (TPSA) is 60.2 Å². The van der Waals surface area contributed by atoms with Crippen LogP contribution in [0.5, 0.6) is 0 Å². The van der Waals surface area contributed by atoms with Gasteiger partial charge in [-0.3, -0.25) is 0 Å². The zero-order valence-electron chi connectivity index (χ0n) is 11.4. The molecule has 98 valence electrons. The molecule has 0 saturated heterocycles. The summed E-state index contributed by atoms with van der Waals surface area (Å²) in [6, 6.07) is 0. The van der Waals surface area contributed by atoms with Gasteiger partial charge in [0.05, 0.1) is 6.54 Å². The Kier molecular flexibility index (Phi) is 5.08. The molecular weight excluding hydrogens is 218 g/mol. The average molecular weight is 241 g/mol. The standard InChI is InChI=1S/C12H23N3O2/c1-6-9(16-7-2)11-14-10(17-15-11)8-13-12(3,4)5/h9,13H,6-8H2,1-5H3. The molecule has 5 heteroatoms. The Morgan fingerprint density at radius 2 is 2.06 bits per heavy atom. The van der Waals surface area contributed by atoms with Crippen LogP contribution in [-0.2, 0) is 11.3 Å². The number of aromatic nitrogens is 2. The van der Waals surface area contributed by atoms with E-state index in [2.05, 4.69) is 36.2 Å². The van der Waals surface area contributed by atoms with Crippen LogP contribution >= 0.6 is 0 Å². The lowest BCUT2D eigenvalue weighted by Gasteiger charge is -2.18. The van der Waals surface area contributed by atoms with Gasteiger partial charge in [-0.1, -0.05) is 12.1 Å². The Hall–Kier alpha value is -0.940. The second-order valence-electron chi connectivity index (χ2n) is 5.00. The number of hydrogen-bond acceptors (Lipinski definition) is 5. The van der Waals surface area contributed by atoms with Crippen molar-refractivity contribution in [2.24, 2.45) is 0 Å². The highest BCUT2D eigenvalue weighted by atomic mass is 16.5. The molecule has 0 spiro atoms. The number of nitrogens with zero attached hydrogens (tertiary/aromatic N) is 2. The largest absolute Gasteiger partial charge is 0.370 e. The monoisotopic (exact) mass is 241 g/mol. The molecule has 0 aliphatic carbocycles. The summed E-state index contributed by atoms with van der Waals surface area (Å²) in [4.78, 5) is 4.34. The van der Waals surface area contributed by atoms with E-state index in [4.69, 9.17) is 9.26 Å². The van der Waals surface area contributed by atoms with Crippen molar-refractivity contribution in [3.05, 3.63) is 11.7 Å². The molecule has 1 aromatic heterocycles. The lowest BCUT2D eigenvalue weighted by Crippen LogP contribution is -2.35. The van der Waals surface area contributed by atoms with E-state index in [1.807, 2.05) is 13.8 Å². The van der Waals surface area contributed by atoms with Gasteiger partial charge in [-0.2, -0.15) is 4.98 Å². The van der Waals surface area contributed by atoms with Crippen LogP contribution in [0, 0.1) is 0 Å². The normalized spacial score (nSPS) is 13.9. The third-order valence-electron chi connectivity index (χ3n) is 2.28. The van der Waals surface area contributed by atoms with Gasteiger partial charge >= 0.3 is 0 Å². The summed E-state index contributed by atoms with van der Waals surface area (Å²) in [5.41, 5.74) is 0.0404. The first-order valence-corrected chi connectivity index (χ1v) is 6.15. The van der Waals surface area contributed by atoms with Gasteiger partial charge in [-0.15, -0.1) is 0 Å². The van der Waals surface area contributed by atoms with Crippen LogP contribution in [-0.4, -0.2) is 22.3 Å². The molecule has 5 nitrogen and oxygen atoms in total. The fourth-order valence-electron chi connectivity index (χ4n) is 1.39. The highest BCUT2D eigenvalue weighted by molar-refractivity contribution is 4.91. The molecule has 1 atom stereocenters. The summed E-state index contributed by atoms with van der Waals surface area (Å²) in [7, 11) is 0. The molecule has 0 aliphatic rings. The predicted octanol–water partition coefficient (Wildman–Crippen LogP) is 2.45. The summed E-state index contributed by atoms with van der Waals surface area (Å²) < 4.78 is 10.7. The van der Waals surface area contributed by atoms with Crippen LogP contribution in [0.1, 0.15) is 58.9 Å². The molecule has 1 heterocycles. The van der Waals surface area contributed by atoms with Gasteiger partial charge in [-0.05, 0) is 34.1 Å². The van der Waals surface area contributed by atoms with Gasteiger partial charge in [0.15, 0.2) is 0 Å². The summed E-state index contributed by atoms with van der Waals surface area (Å²) in [5, 5.41) is 7.26. The molecule has 0 aliphatic heterocycles. The van der Waals surface area contributed by atoms with Crippen molar-refractivity contribution in [2.45, 2.75) is 59.2 Å². The van der Waals surface area contributed by atoms with Crippen LogP contribution in [0.25, 0.3) is 0 Å². The van der Waals surface area contributed by atoms with Gasteiger partial charge in [0.25, 0.3) is 0 Å². The molecule has 1 unspecified atom stereocenters. The molecule has 1 aromatic rings. The van der Waals surface area contributed by atoms with Crippen LogP contribution in [0.3, 0.4) is 0 Å².